The Hall–Kier alpha value is -0.640. The average Bonchev–Trinajstić information content (AvgIpc) is 2.68. The monoisotopic (exact) mass is 414 g/mol. The Morgan fingerprint density at radius 2 is 1.86 bits per heavy atom. The molecule has 0 radical (unpaired) electrons. The van der Waals surface area contributed by atoms with Crippen LogP contribution in [0.5, 0.6) is 0 Å². The molecule has 150 valence electrons. The van der Waals surface area contributed by atoms with Gasteiger partial charge in [-0.05, 0) is 80.7 Å². The quantitative estimate of drug-likeness (QED) is 0.537. The number of nitrogens with one attached hydrogen (secondary N) is 1. The number of alkyl halides is 1. The van der Waals surface area contributed by atoms with Crippen LogP contribution in [0.1, 0.15) is 56.9 Å². The van der Waals surface area contributed by atoms with Gasteiger partial charge in [0, 0.05) is 28.2 Å². The van der Waals surface area contributed by atoms with Gasteiger partial charge in [-0.25, -0.2) is 0 Å². The first kappa shape index (κ1) is 18.2. The van der Waals surface area contributed by atoms with Crippen LogP contribution in [0.25, 0.3) is 0 Å². The Labute approximate surface area is 179 Å². The van der Waals surface area contributed by atoms with Crippen molar-refractivity contribution in [3.05, 3.63) is 35.9 Å². The lowest BCUT2D eigenvalue weighted by Crippen LogP contribution is -2.98. The second-order valence-corrected chi connectivity index (χ2v) is 11.3. The van der Waals surface area contributed by atoms with E-state index in [2.05, 4.69) is 35.6 Å². The van der Waals surface area contributed by atoms with E-state index in [9.17, 15) is 0 Å². The van der Waals surface area contributed by atoms with Crippen LogP contribution in [0.3, 0.4) is 0 Å². The Kier molecular flexibility index (Phi) is 3.72. The zero-order chi connectivity index (χ0) is 19.2. The average molecular weight is 415 g/mol. The van der Waals surface area contributed by atoms with Crippen molar-refractivity contribution in [2.45, 2.75) is 62.8 Å². The Balaban J connectivity index is 1.27. The molecular weight excluding hydrogens is 384 g/mol. The topological polar surface area (TPSA) is 38.0 Å². The second-order valence-electron chi connectivity index (χ2n) is 10.6. The maximum absolute atomic E-state index is 6.63. The molecule has 0 saturated heterocycles. The summed E-state index contributed by atoms with van der Waals surface area (Å²) in [7, 11) is 0. The van der Waals surface area contributed by atoms with Crippen molar-refractivity contribution >= 4 is 28.8 Å². The summed E-state index contributed by atoms with van der Waals surface area (Å²) in [4.78, 5) is 1.18. The van der Waals surface area contributed by atoms with Gasteiger partial charge in [-0.2, -0.15) is 0 Å². The third-order valence-corrected chi connectivity index (χ3v) is 11.0. The minimum Gasteiger partial charge on any atom is -0.376 e. The van der Waals surface area contributed by atoms with Crippen LogP contribution in [0.2, 0.25) is 0 Å². The number of rotatable bonds is 5. The summed E-state index contributed by atoms with van der Waals surface area (Å²) >= 11 is 12.8. The number of halogens is 1. The lowest BCUT2D eigenvalue weighted by molar-refractivity contribution is -0.464. The van der Waals surface area contributed by atoms with E-state index < -0.39 is 0 Å². The summed E-state index contributed by atoms with van der Waals surface area (Å²) < 4.78 is 0. The molecule has 0 aliphatic heterocycles. The molecule has 0 amide bonds. The molecule has 0 heterocycles. The molecule has 5 atom stereocenters. The third kappa shape index (κ3) is 1.73. The van der Waals surface area contributed by atoms with Crippen LogP contribution in [0.4, 0.5) is 0 Å². The highest BCUT2D eigenvalue weighted by molar-refractivity contribution is 7.80. The Morgan fingerprint density at radius 1 is 1.11 bits per heavy atom. The van der Waals surface area contributed by atoms with Gasteiger partial charge in [0.05, 0.1) is 4.99 Å². The number of hydrogen-bond acceptors (Lipinski definition) is 2. The van der Waals surface area contributed by atoms with Crippen LogP contribution in [0, 0.1) is 28.1 Å². The number of hydrogen-bond donors (Lipinski definition) is 2. The van der Waals surface area contributed by atoms with E-state index in [4.69, 9.17) is 29.6 Å². The fourth-order valence-electron chi connectivity index (χ4n) is 9.28. The van der Waals surface area contributed by atoms with E-state index in [0.717, 1.165) is 18.3 Å². The molecule has 6 rings (SSSR count). The molecule has 1 aromatic carbocycles. The lowest BCUT2D eigenvalue weighted by Gasteiger charge is -2.99. The summed E-state index contributed by atoms with van der Waals surface area (Å²) in [5, 5.41) is 3.87. The van der Waals surface area contributed by atoms with Crippen LogP contribution in [0.15, 0.2) is 30.3 Å². The molecule has 2 nitrogen and oxygen atoms in total. The van der Waals surface area contributed by atoms with Gasteiger partial charge in [-0.15, -0.1) is 11.6 Å². The van der Waals surface area contributed by atoms with E-state index in [1.165, 1.54) is 56.4 Å². The van der Waals surface area contributed by atoms with E-state index in [0.29, 0.717) is 28.2 Å². The smallest absolute Gasteiger partial charge is 0.0824 e. The lowest BCUT2D eigenvalue weighted by atomic mass is 9.04. The molecular formula is C24H31ClN2S. The van der Waals surface area contributed by atoms with Crippen molar-refractivity contribution in [1.82, 2.24) is 5.32 Å². The van der Waals surface area contributed by atoms with Crippen LogP contribution < -0.4 is 11.1 Å². The van der Waals surface area contributed by atoms with Gasteiger partial charge in [-0.1, -0.05) is 42.5 Å². The van der Waals surface area contributed by atoms with E-state index in [1.807, 2.05) is 0 Å². The fourth-order valence-corrected chi connectivity index (χ4v) is 10.2. The predicted molar refractivity (Wildman–Crippen MR) is 119 cm³/mol. The number of thiocarbonyl (C=S) groups is 1. The van der Waals surface area contributed by atoms with Gasteiger partial charge in [0.25, 0.3) is 0 Å². The minimum absolute atomic E-state index is 0.221. The van der Waals surface area contributed by atoms with Gasteiger partial charge < -0.3 is 11.1 Å². The Bertz CT molecular complexity index is 821. The zero-order valence-electron chi connectivity index (χ0n) is 16.6. The van der Waals surface area contributed by atoms with Crippen LogP contribution in [-0.2, 0) is 5.41 Å². The highest BCUT2D eigenvalue weighted by atomic mass is 35.5. The largest absolute Gasteiger partial charge is 0.376 e. The SMILES string of the molecule is NC[C@H]1CC[C@H](NC(=S)C23CC4CC5(CCl)CC(c6ccccc6)(C2)C453)CC1. The number of benzene rings is 1. The Morgan fingerprint density at radius 3 is 2.50 bits per heavy atom. The van der Waals surface area contributed by atoms with Crippen LogP contribution in [-0.4, -0.2) is 23.5 Å². The van der Waals surface area contributed by atoms with Gasteiger partial charge in [0.2, 0.25) is 0 Å². The summed E-state index contributed by atoms with van der Waals surface area (Å²) in [5.74, 6) is 2.36. The summed E-state index contributed by atoms with van der Waals surface area (Å²) in [6.07, 6.45) is 10.1. The highest BCUT2D eigenvalue weighted by Gasteiger charge is 2.99. The molecule has 1 aromatic rings. The molecule has 0 bridgehead atoms. The van der Waals surface area contributed by atoms with E-state index in [-0.39, 0.29) is 5.41 Å². The highest BCUT2D eigenvalue weighted by Crippen LogP contribution is 3.01. The molecule has 5 unspecified atom stereocenters. The molecule has 28 heavy (non-hydrogen) atoms. The van der Waals surface area contributed by atoms with Crippen molar-refractivity contribution in [3.8, 4) is 0 Å². The molecule has 4 heteroatoms. The molecule has 0 aromatic heterocycles. The second kappa shape index (κ2) is 5.74. The summed E-state index contributed by atoms with van der Waals surface area (Å²) in [6.45, 7) is 0.837. The molecule has 5 aliphatic carbocycles. The fraction of sp³-hybridized carbons (Fsp3) is 0.708. The van der Waals surface area contributed by atoms with Crippen molar-refractivity contribution in [3.63, 3.8) is 0 Å². The molecule has 5 fully saturated rings. The van der Waals surface area contributed by atoms with Gasteiger partial charge in [0.1, 0.15) is 0 Å². The standard InChI is InChI=1S/C24H31ClN2S/c25-15-21-10-18-11-22(20(28)27-19-8-6-16(12-26)7-9-19)14-23(13-21,24(18,21)22)17-4-2-1-3-5-17/h1-5,16,18-19H,6-15,26H2,(H,27,28)/t16-,18?,19-,21?,22?,23?,24?. The van der Waals surface area contributed by atoms with Gasteiger partial charge in [0.15, 0.2) is 0 Å². The summed E-state index contributed by atoms with van der Waals surface area (Å²) in [5.41, 5.74) is 8.68. The van der Waals surface area contributed by atoms with Gasteiger partial charge in [-0.3, -0.25) is 0 Å². The third-order valence-electron chi connectivity index (χ3n) is 9.97. The van der Waals surface area contributed by atoms with Crippen molar-refractivity contribution in [1.29, 1.82) is 0 Å². The molecule has 5 saturated carbocycles. The van der Waals surface area contributed by atoms with E-state index in [1.54, 1.807) is 5.56 Å². The predicted octanol–water partition coefficient (Wildman–Crippen LogP) is 4.79. The van der Waals surface area contributed by atoms with Gasteiger partial charge >= 0.3 is 0 Å². The normalized spacial score (nSPS) is 50.0. The molecule has 3 N–H and O–H groups in total. The van der Waals surface area contributed by atoms with E-state index >= 15 is 0 Å². The van der Waals surface area contributed by atoms with Crippen molar-refractivity contribution in [2.75, 3.05) is 12.4 Å². The molecule has 1 spiro atoms. The number of nitrogens with two attached hydrogens (primary N) is 1. The maximum atomic E-state index is 6.63. The maximum Gasteiger partial charge on any atom is 0.0824 e. The van der Waals surface area contributed by atoms with Crippen LogP contribution >= 0.6 is 23.8 Å². The zero-order valence-corrected chi connectivity index (χ0v) is 18.1. The van der Waals surface area contributed by atoms with Crippen molar-refractivity contribution in [2.24, 2.45) is 33.8 Å². The minimum atomic E-state index is 0.221. The molecule has 5 aliphatic rings. The first-order valence-corrected chi connectivity index (χ1v) is 12.1. The first-order chi connectivity index (χ1) is 13.6. The first-order valence-electron chi connectivity index (χ1n) is 11.2. The summed E-state index contributed by atoms with van der Waals surface area (Å²) in [6, 6.07) is 11.8. The van der Waals surface area contributed by atoms with Crippen molar-refractivity contribution < 1.29 is 0 Å².